The molecule has 2 aliphatic heterocycles. The van der Waals surface area contributed by atoms with Crippen LogP contribution in [0, 0.1) is 0 Å². The van der Waals surface area contributed by atoms with Crippen molar-refractivity contribution in [1.29, 1.82) is 0 Å². The number of fused-ring (bicyclic) bond motifs is 1. The van der Waals surface area contributed by atoms with Crippen molar-refractivity contribution in [2.45, 2.75) is 12.8 Å². The number of nitrogens with zero attached hydrogens (tertiary/aromatic N) is 2. The third-order valence-electron chi connectivity index (χ3n) is 1.89. The summed E-state index contributed by atoms with van der Waals surface area (Å²) in [5.41, 5.74) is 0.829. The zero-order valence-electron chi connectivity index (χ0n) is 5.91. The Bertz CT molecular complexity index is 257. The molecule has 2 rings (SSSR count). The Kier molecular flexibility index (Phi) is 1.21. The van der Waals surface area contributed by atoms with Crippen LogP contribution in [0.4, 0.5) is 4.79 Å². The predicted molar refractivity (Wildman–Crippen MR) is 36.6 cm³/mol. The minimum atomic E-state index is -0.414. The lowest BCUT2D eigenvalue weighted by atomic mass is 10.3. The molecule has 0 unspecified atom stereocenters. The molecule has 0 aromatic carbocycles. The van der Waals surface area contributed by atoms with Crippen molar-refractivity contribution in [3.63, 3.8) is 0 Å². The summed E-state index contributed by atoms with van der Waals surface area (Å²) in [5.74, 6) is -0.414. The molecule has 0 spiro atoms. The SMILES string of the molecule is O=C1C=C2CCCN2C(=O)[N]1. The van der Waals surface area contributed by atoms with Crippen LogP contribution in [0.2, 0.25) is 0 Å². The van der Waals surface area contributed by atoms with Gasteiger partial charge in [0, 0.05) is 18.3 Å². The van der Waals surface area contributed by atoms with E-state index in [1.54, 1.807) is 4.90 Å². The molecule has 1 fully saturated rings. The zero-order valence-corrected chi connectivity index (χ0v) is 5.91. The van der Waals surface area contributed by atoms with Crippen LogP contribution < -0.4 is 5.32 Å². The van der Waals surface area contributed by atoms with Crippen molar-refractivity contribution in [2.75, 3.05) is 6.54 Å². The largest absolute Gasteiger partial charge is 0.351 e. The van der Waals surface area contributed by atoms with E-state index in [2.05, 4.69) is 5.32 Å². The van der Waals surface area contributed by atoms with Gasteiger partial charge in [0.15, 0.2) is 0 Å². The molecule has 0 aromatic rings. The molecule has 1 saturated heterocycles. The topological polar surface area (TPSA) is 51.5 Å². The first kappa shape index (κ1) is 6.39. The molecular formula is C7H7N2O2. The van der Waals surface area contributed by atoms with Crippen molar-refractivity contribution in [3.8, 4) is 0 Å². The van der Waals surface area contributed by atoms with E-state index >= 15 is 0 Å². The Balaban J connectivity index is 2.34. The van der Waals surface area contributed by atoms with Crippen LogP contribution in [-0.4, -0.2) is 23.4 Å². The van der Waals surface area contributed by atoms with Gasteiger partial charge in [0.25, 0.3) is 5.91 Å². The van der Waals surface area contributed by atoms with E-state index < -0.39 is 11.9 Å². The number of urea groups is 1. The number of hydrogen-bond donors (Lipinski definition) is 0. The van der Waals surface area contributed by atoms with Crippen molar-refractivity contribution in [2.24, 2.45) is 0 Å². The molecule has 57 valence electrons. The van der Waals surface area contributed by atoms with Crippen LogP contribution in [0.25, 0.3) is 0 Å². The lowest BCUT2D eigenvalue weighted by molar-refractivity contribution is -0.116. The molecule has 0 bridgehead atoms. The minimum absolute atomic E-state index is 0.398. The van der Waals surface area contributed by atoms with Crippen LogP contribution in [0.15, 0.2) is 11.8 Å². The second-order valence-corrected chi connectivity index (χ2v) is 2.62. The van der Waals surface area contributed by atoms with Gasteiger partial charge >= 0.3 is 6.03 Å². The molecule has 0 N–H and O–H groups in total. The Labute approximate surface area is 63.9 Å². The second kappa shape index (κ2) is 2.08. The third-order valence-corrected chi connectivity index (χ3v) is 1.89. The highest BCUT2D eigenvalue weighted by molar-refractivity contribution is 6.03. The first-order valence-electron chi connectivity index (χ1n) is 3.55. The number of carbonyl (C=O) groups excluding carboxylic acids is 2. The van der Waals surface area contributed by atoms with Crippen molar-refractivity contribution >= 4 is 11.9 Å². The van der Waals surface area contributed by atoms with E-state index in [4.69, 9.17) is 0 Å². The van der Waals surface area contributed by atoms with Crippen LogP contribution in [0.1, 0.15) is 12.8 Å². The molecule has 11 heavy (non-hydrogen) atoms. The van der Waals surface area contributed by atoms with Crippen molar-refractivity contribution in [3.05, 3.63) is 11.8 Å². The van der Waals surface area contributed by atoms with Crippen molar-refractivity contribution < 1.29 is 9.59 Å². The average molecular weight is 151 g/mol. The standard InChI is InChI=1S/C7H7N2O2/c10-6-4-5-2-1-3-9(5)7(11)8-6/h4H,1-3H2. The van der Waals surface area contributed by atoms with Crippen molar-refractivity contribution in [1.82, 2.24) is 10.2 Å². The second-order valence-electron chi connectivity index (χ2n) is 2.62. The number of allylic oxidation sites excluding steroid dienone is 1. The summed E-state index contributed by atoms with van der Waals surface area (Å²) < 4.78 is 0. The fraction of sp³-hybridized carbons (Fsp3) is 0.429. The normalized spacial score (nSPS) is 22.9. The maximum absolute atomic E-state index is 11.0. The molecule has 4 heteroatoms. The molecule has 1 radical (unpaired) electrons. The fourth-order valence-corrected chi connectivity index (χ4v) is 1.39. The number of imide groups is 1. The molecule has 2 heterocycles. The number of rotatable bonds is 0. The van der Waals surface area contributed by atoms with E-state index in [0.29, 0.717) is 6.54 Å². The summed E-state index contributed by atoms with van der Waals surface area (Å²) in [4.78, 5) is 23.3. The van der Waals surface area contributed by atoms with E-state index in [1.807, 2.05) is 0 Å². The average Bonchev–Trinajstić information content (AvgIpc) is 2.34. The fourth-order valence-electron chi connectivity index (χ4n) is 1.39. The van der Waals surface area contributed by atoms with Crippen LogP contribution >= 0.6 is 0 Å². The zero-order chi connectivity index (χ0) is 7.84. The number of hydrogen-bond acceptors (Lipinski definition) is 2. The quantitative estimate of drug-likeness (QED) is 0.497. The van der Waals surface area contributed by atoms with Gasteiger partial charge in [-0.05, 0) is 12.8 Å². The van der Waals surface area contributed by atoms with Crippen LogP contribution in [0.5, 0.6) is 0 Å². The van der Waals surface area contributed by atoms with Gasteiger partial charge in [-0.25, -0.2) is 4.79 Å². The Hall–Kier alpha value is -1.32. The lowest BCUT2D eigenvalue weighted by Gasteiger charge is -2.19. The first-order chi connectivity index (χ1) is 5.27. The number of carbonyl (C=O) groups is 2. The minimum Gasteiger partial charge on any atom is -0.296 e. The molecular weight excluding hydrogens is 144 g/mol. The van der Waals surface area contributed by atoms with Crippen LogP contribution in [-0.2, 0) is 4.79 Å². The summed E-state index contributed by atoms with van der Waals surface area (Å²) in [6.45, 7) is 0.710. The molecule has 0 saturated carbocycles. The van der Waals surface area contributed by atoms with Gasteiger partial charge in [-0.2, -0.15) is 5.32 Å². The lowest BCUT2D eigenvalue weighted by Crippen LogP contribution is -2.39. The van der Waals surface area contributed by atoms with Gasteiger partial charge in [-0.15, -0.1) is 0 Å². The maximum atomic E-state index is 11.0. The van der Waals surface area contributed by atoms with Gasteiger partial charge in [-0.3, -0.25) is 9.69 Å². The van der Waals surface area contributed by atoms with Gasteiger partial charge in [0.1, 0.15) is 0 Å². The van der Waals surface area contributed by atoms with E-state index in [-0.39, 0.29) is 0 Å². The molecule has 0 atom stereocenters. The Morgan fingerprint density at radius 3 is 3.09 bits per heavy atom. The first-order valence-corrected chi connectivity index (χ1v) is 3.55. The van der Waals surface area contributed by atoms with E-state index in [1.165, 1.54) is 6.08 Å². The third kappa shape index (κ3) is 0.906. The molecule has 2 aliphatic rings. The smallest absolute Gasteiger partial charge is 0.296 e. The summed E-state index contributed by atoms with van der Waals surface area (Å²) in [6.07, 6.45) is 3.21. The van der Waals surface area contributed by atoms with Gasteiger partial charge < -0.3 is 0 Å². The van der Waals surface area contributed by atoms with E-state index in [0.717, 1.165) is 18.5 Å². The summed E-state index contributed by atoms with van der Waals surface area (Å²) in [5, 5.41) is 3.30. The van der Waals surface area contributed by atoms with Crippen LogP contribution in [0.3, 0.4) is 0 Å². The molecule has 0 aromatic heterocycles. The predicted octanol–water partition coefficient (Wildman–Crippen LogP) is 0.231. The van der Waals surface area contributed by atoms with E-state index in [9.17, 15) is 9.59 Å². The monoisotopic (exact) mass is 151 g/mol. The van der Waals surface area contributed by atoms with Gasteiger partial charge in [0.05, 0.1) is 0 Å². The Morgan fingerprint density at radius 2 is 2.27 bits per heavy atom. The highest BCUT2D eigenvalue weighted by Crippen LogP contribution is 2.22. The Morgan fingerprint density at radius 1 is 1.45 bits per heavy atom. The van der Waals surface area contributed by atoms with Gasteiger partial charge in [-0.1, -0.05) is 0 Å². The molecule has 0 aliphatic carbocycles. The maximum Gasteiger partial charge on any atom is 0.351 e. The molecule has 4 nitrogen and oxygen atoms in total. The highest BCUT2D eigenvalue weighted by atomic mass is 16.2. The summed E-state index contributed by atoms with van der Waals surface area (Å²) in [6, 6.07) is -0.398. The highest BCUT2D eigenvalue weighted by Gasteiger charge is 2.30. The summed E-state index contributed by atoms with van der Waals surface area (Å²) >= 11 is 0. The summed E-state index contributed by atoms with van der Waals surface area (Å²) in [7, 11) is 0. The van der Waals surface area contributed by atoms with Gasteiger partial charge in [0.2, 0.25) is 0 Å². The molecule has 3 amide bonds. The number of amides is 3.